The summed E-state index contributed by atoms with van der Waals surface area (Å²) in [6.45, 7) is 0. The number of hydrazine groups is 1. The van der Waals surface area contributed by atoms with E-state index in [1.807, 2.05) is 24.3 Å². The summed E-state index contributed by atoms with van der Waals surface area (Å²) in [7, 11) is 0. The molecule has 0 amide bonds. The fourth-order valence-electron chi connectivity index (χ4n) is 3.41. The molecule has 26 heavy (non-hydrogen) atoms. The van der Waals surface area contributed by atoms with Crippen LogP contribution in [0.3, 0.4) is 0 Å². The first kappa shape index (κ1) is 14.0. The zero-order chi connectivity index (χ0) is 17.5. The Labute approximate surface area is 146 Å². The molecule has 0 radical (unpaired) electrons. The molecule has 130 valence electrons. The molecule has 2 aromatic heterocycles. The largest absolute Gasteiger partial charge is 0.382 e. The SMILES string of the molecule is OC1(c2noc(N3C=NC4c5ccccc5-n5c(cnc5F)N43)n2)CC1. The number of rotatable bonds is 2. The van der Waals surface area contributed by atoms with Crippen molar-refractivity contribution in [1.29, 1.82) is 0 Å². The maximum atomic E-state index is 14.3. The number of aliphatic imine (C=N–C) groups is 1. The van der Waals surface area contributed by atoms with Gasteiger partial charge in [0.1, 0.15) is 11.9 Å². The normalized spacial score (nSPS) is 21.5. The van der Waals surface area contributed by atoms with E-state index in [1.54, 1.807) is 16.4 Å². The Hall–Kier alpha value is -3.27. The fourth-order valence-corrected chi connectivity index (χ4v) is 3.41. The monoisotopic (exact) mass is 353 g/mol. The summed E-state index contributed by atoms with van der Waals surface area (Å²) in [6.07, 6.45) is 3.20. The van der Waals surface area contributed by atoms with Crippen molar-refractivity contribution in [3.63, 3.8) is 0 Å². The highest BCUT2D eigenvalue weighted by Gasteiger charge is 2.48. The molecule has 4 heterocycles. The number of fused-ring (bicyclic) bond motifs is 6. The summed E-state index contributed by atoms with van der Waals surface area (Å²) in [5.41, 5.74) is 0.521. The van der Waals surface area contributed by atoms with Crippen molar-refractivity contribution in [3.05, 3.63) is 47.9 Å². The van der Waals surface area contributed by atoms with Gasteiger partial charge in [-0.3, -0.25) is 4.57 Å². The van der Waals surface area contributed by atoms with E-state index in [9.17, 15) is 9.50 Å². The van der Waals surface area contributed by atoms with Gasteiger partial charge < -0.3 is 9.63 Å². The van der Waals surface area contributed by atoms with Crippen LogP contribution in [0.25, 0.3) is 5.69 Å². The van der Waals surface area contributed by atoms with E-state index in [0.717, 1.165) is 5.56 Å². The van der Waals surface area contributed by atoms with E-state index in [1.165, 1.54) is 10.8 Å². The highest BCUT2D eigenvalue weighted by molar-refractivity contribution is 5.84. The van der Waals surface area contributed by atoms with Gasteiger partial charge in [-0.15, -0.1) is 0 Å². The Bertz CT molecular complexity index is 1070. The minimum Gasteiger partial charge on any atom is -0.382 e. The standard InChI is InChI=1S/C16H12FN7O2/c17-14-18-7-11-23(14)10-4-2-1-3-9(10)12-19-8-22(24(11)12)15-20-13(21-26-15)16(25)5-6-16/h1-4,7-8,12,25H,5-6H2. The van der Waals surface area contributed by atoms with Crippen LogP contribution < -0.4 is 10.0 Å². The number of para-hydroxylation sites is 1. The van der Waals surface area contributed by atoms with Gasteiger partial charge in [0, 0.05) is 5.56 Å². The average molecular weight is 353 g/mol. The number of halogens is 1. The van der Waals surface area contributed by atoms with Gasteiger partial charge in [-0.05, 0) is 18.9 Å². The maximum Gasteiger partial charge on any atom is 0.348 e. The third kappa shape index (κ3) is 1.66. The third-order valence-electron chi connectivity index (χ3n) is 4.92. The van der Waals surface area contributed by atoms with Crippen molar-refractivity contribution in [1.82, 2.24) is 19.7 Å². The van der Waals surface area contributed by atoms with Gasteiger partial charge in [0.15, 0.2) is 12.0 Å². The molecule has 3 aliphatic rings. The quantitative estimate of drug-likeness (QED) is 0.748. The van der Waals surface area contributed by atoms with Gasteiger partial charge in [-0.25, -0.2) is 15.0 Å². The van der Waals surface area contributed by atoms with E-state index in [-0.39, 0.29) is 11.8 Å². The Morgan fingerprint density at radius 2 is 2.12 bits per heavy atom. The second-order valence-electron chi connectivity index (χ2n) is 6.54. The summed E-state index contributed by atoms with van der Waals surface area (Å²) in [6, 6.07) is 7.59. The van der Waals surface area contributed by atoms with Crippen LogP contribution in [-0.4, -0.2) is 31.1 Å². The van der Waals surface area contributed by atoms with Gasteiger partial charge in [0.25, 0.3) is 6.08 Å². The minimum absolute atomic E-state index is 0.152. The van der Waals surface area contributed by atoms with Crippen molar-refractivity contribution < 1.29 is 14.0 Å². The first-order valence-electron chi connectivity index (χ1n) is 8.16. The van der Waals surface area contributed by atoms with Gasteiger partial charge in [-0.1, -0.05) is 23.4 Å². The topological polar surface area (TPSA) is 95.8 Å². The van der Waals surface area contributed by atoms with Crippen LogP contribution in [0.4, 0.5) is 16.2 Å². The van der Waals surface area contributed by atoms with Gasteiger partial charge in [-0.2, -0.15) is 14.4 Å². The third-order valence-corrected chi connectivity index (χ3v) is 4.92. The molecule has 3 aromatic rings. The number of benzene rings is 1. The van der Waals surface area contributed by atoms with Crippen molar-refractivity contribution in [2.75, 3.05) is 10.0 Å². The molecular formula is C16H12FN7O2. The van der Waals surface area contributed by atoms with Crippen LogP contribution in [0.2, 0.25) is 0 Å². The molecule has 10 heteroatoms. The molecule has 1 aliphatic carbocycles. The second kappa shape index (κ2) is 4.47. The lowest BCUT2D eigenvalue weighted by atomic mass is 10.1. The lowest BCUT2D eigenvalue weighted by molar-refractivity contribution is 0.137. The summed E-state index contributed by atoms with van der Waals surface area (Å²) in [4.78, 5) is 12.6. The molecule has 0 bridgehead atoms. The van der Waals surface area contributed by atoms with Crippen LogP contribution in [-0.2, 0) is 5.60 Å². The predicted molar refractivity (Wildman–Crippen MR) is 87.1 cm³/mol. The number of aromatic nitrogens is 4. The van der Waals surface area contributed by atoms with Crippen molar-refractivity contribution in [2.45, 2.75) is 24.6 Å². The van der Waals surface area contributed by atoms with E-state index in [4.69, 9.17) is 4.52 Å². The minimum atomic E-state index is -1.000. The zero-order valence-electron chi connectivity index (χ0n) is 13.3. The van der Waals surface area contributed by atoms with E-state index in [2.05, 4.69) is 20.1 Å². The Morgan fingerprint density at radius 1 is 1.27 bits per heavy atom. The molecule has 1 N–H and O–H groups in total. The van der Waals surface area contributed by atoms with E-state index >= 15 is 0 Å². The molecule has 1 saturated carbocycles. The zero-order valence-corrected chi connectivity index (χ0v) is 13.3. The highest BCUT2D eigenvalue weighted by Crippen LogP contribution is 2.46. The van der Waals surface area contributed by atoms with Crippen LogP contribution in [0.15, 0.2) is 40.0 Å². The summed E-state index contributed by atoms with van der Waals surface area (Å²) >= 11 is 0. The number of aliphatic hydroxyl groups is 1. The molecule has 1 aromatic carbocycles. The Balaban J connectivity index is 1.49. The molecule has 2 aliphatic heterocycles. The number of imidazole rings is 1. The van der Waals surface area contributed by atoms with E-state index in [0.29, 0.717) is 24.3 Å². The number of anilines is 2. The summed E-state index contributed by atoms with van der Waals surface area (Å²) in [5.74, 6) is 0.745. The molecular weight excluding hydrogens is 341 g/mol. The number of hydrogen-bond donors (Lipinski definition) is 1. The molecule has 0 saturated heterocycles. The number of nitrogens with zero attached hydrogens (tertiary/aromatic N) is 7. The predicted octanol–water partition coefficient (Wildman–Crippen LogP) is 1.66. The van der Waals surface area contributed by atoms with Crippen molar-refractivity contribution in [3.8, 4) is 5.69 Å². The van der Waals surface area contributed by atoms with Crippen LogP contribution >= 0.6 is 0 Å². The Morgan fingerprint density at radius 3 is 2.96 bits per heavy atom. The molecule has 0 spiro atoms. The first-order valence-corrected chi connectivity index (χ1v) is 8.16. The second-order valence-corrected chi connectivity index (χ2v) is 6.54. The number of hydrogen-bond acceptors (Lipinski definition) is 8. The van der Waals surface area contributed by atoms with Crippen LogP contribution in [0.1, 0.15) is 30.4 Å². The van der Waals surface area contributed by atoms with Crippen LogP contribution in [0.5, 0.6) is 0 Å². The summed E-state index contributed by atoms with van der Waals surface area (Å²) < 4.78 is 21.1. The maximum absolute atomic E-state index is 14.3. The van der Waals surface area contributed by atoms with E-state index < -0.39 is 17.8 Å². The van der Waals surface area contributed by atoms with Gasteiger partial charge in [0.05, 0.1) is 11.9 Å². The van der Waals surface area contributed by atoms with Crippen molar-refractivity contribution >= 4 is 18.2 Å². The molecule has 1 atom stereocenters. The van der Waals surface area contributed by atoms with Crippen LogP contribution in [0, 0.1) is 6.08 Å². The molecule has 9 nitrogen and oxygen atoms in total. The lowest BCUT2D eigenvalue weighted by Gasteiger charge is -2.35. The Kier molecular flexibility index (Phi) is 2.40. The molecule has 6 rings (SSSR count). The molecule has 1 fully saturated rings. The fraction of sp³-hybridized carbons (Fsp3) is 0.250. The van der Waals surface area contributed by atoms with Gasteiger partial charge >= 0.3 is 6.01 Å². The first-order chi connectivity index (χ1) is 12.7. The highest BCUT2D eigenvalue weighted by atomic mass is 19.1. The lowest BCUT2D eigenvalue weighted by Crippen LogP contribution is -2.43. The molecule has 1 unspecified atom stereocenters. The smallest absolute Gasteiger partial charge is 0.348 e. The van der Waals surface area contributed by atoms with Crippen molar-refractivity contribution in [2.24, 2.45) is 4.99 Å². The summed E-state index contributed by atoms with van der Waals surface area (Å²) in [5, 5.41) is 17.3. The van der Waals surface area contributed by atoms with Gasteiger partial charge in [0.2, 0.25) is 5.82 Å². The average Bonchev–Trinajstić information content (AvgIpc) is 3.06.